The smallest absolute Gasteiger partial charge is 0.400 e. The lowest BCUT2D eigenvalue weighted by atomic mass is 10.1. The average Bonchev–Trinajstić information content (AvgIpc) is 2.09. The second kappa shape index (κ2) is 9.99. The topological polar surface area (TPSA) is 58.9 Å². The molecule has 4 nitrogen and oxygen atoms in total. The van der Waals surface area contributed by atoms with E-state index in [1.165, 1.54) is 25.7 Å². The molecule has 5 heteroatoms. The van der Waals surface area contributed by atoms with Gasteiger partial charge in [-0.3, -0.25) is 0 Å². The summed E-state index contributed by atoms with van der Waals surface area (Å²) < 4.78 is 0. The third-order valence-corrected chi connectivity index (χ3v) is 1.74. The zero-order valence-electron chi connectivity index (χ0n) is 8.24. The number of hydrogen-bond donors (Lipinski definition) is 2. The Balaban J connectivity index is 2.84. The fourth-order valence-electron chi connectivity index (χ4n) is 1.05. The van der Waals surface area contributed by atoms with Gasteiger partial charge in [0.1, 0.15) is 0 Å². The summed E-state index contributed by atoms with van der Waals surface area (Å²) in [5.74, 6) is 0. The molecule has 0 saturated carbocycles. The van der Waals surface area contributed by atoms with E-state index in [4.69, 9.17) is 10.0 Å². The van der Waals surface area contributed by atoms with E-state index in [1.807, 2.05) is 0 Å². The van der Waals surface area contributed by atoms with E-state index in [9.17, 15) is 0 Å². The molecule has 2 N–H and O–H groups in total. The van der Waals surface area contributed by atoms with Gasteiger partial charge in [0, 0.05) is 0 Å². The van der Waals surface area contributed by atoms with Crippen LogP contribution in [-0.2, 0) is 9.69 Å². The lowest BCUT2D eigenvalue weighted by molar-refractivity contribution is -0.235. The van der Waals surface area contributed by atoms with Crippen molar-refractivity contribution in [2.24, 2.45) is 0 Å². The van der Waals surface area contributed by atoms with Crippen LogP contribution in [0.1, 0.15) is 45.4 Å². The zero-order valence-corrected chi connectivity index (χ0v) is 8.24. The Kier molecular flexibility index (Phi) is 9.92. The first-order valence-corrected chi connectivity index (χ1v) is 4.91. The van der Waals surface area contributed by atoms with Crippen LogP contribution in [0.4, 0.5) is 0 Å². The summed E-state index contributed by atoms with van der Waals surface area (Å²) in [6.07, 6.45) is 7.00. The Morgan fingerprint density at radius 3 is 2.23 bits per heavy atom. The highest BCUT2D eigenvalue weighted by atomic mass is 17.2. The van der Waals surface area contributed by atoms with Crippen molar-refractivity contribution in [1.82, 2.24) is 0 Å². The Labute approximate surface area is 80.0 Å². The maximum atomic E-state index is 8.23. The van der Waals surface area contributed by atoms with Crippen LogP contribution in [0.5, 0.6) is 0 Å². The molecular weight excluding hydrogens is 171 g/mol. The summed E-state index contributed by atoms with van der Waals surface area (Å²) in [6.45, 7) is 2.60. The molecule has 13 heavy (non-hydrogen) atoms. The van der Waals surface area contributed by atoms with Crippen LogP contribution in [0.2, 0.25) is 0 Å². The molecule has 0 unspecified atom stereocenters. The number of rotatable bonds is 9. The van der Waals surface area contributed by atoms with Crippen LogP contribution in [0.15, 0.2) is 0 Å². The third-order valence-electron chi connectivity index (χ3n) is 1.74. The minimum Gasteiger partial charge on any atom is -0.400 e. The molecule has 0 aromatic heterocycles. The predicted octanol–water partition coefficient (Wildman–Crippen LogP) is 1.26. The zero-order chi connectivity index (χ0) is 9.94. The first kappa shape index (κ1) is 12.9. The minimum absolute atomic E-state index is 0.420. The van der Waals surface area contributed by atoms with E-state index in [2.05, 4.69) is 16.6 Å². The molecule has 0 rings (SSSR count). The van der Waals surface area contributed by atoms with Gasteiger partial charge in [0.15, 0.2) is 0 Å². The molecule has 78 valence electrons. The Hall–Kier alpha value is -0.0951. The summed E-state index contributed by atoms with van der Waals surface area (Å²) in [5.41, 5.74) is 0. The van der Waals surface area contributed by atoms with Crippen molar-refractivity contribution in [1.29, 1.82) is 0 Å². The van der Waals surface area contributed by atoms with Crippen LogP contribution in [0.25, 0.3) is 0 Å². The second-order valence-corrected chi connectivity index (χ2v) is 3.01. The molecule has 0 fully saturated rings. The van der Waals surface area contributed by atoms with Gasteiger partial charge >= 0.3 is 7.32 Å². The SMILES string of the molecule is CCCCCCCCOOB(O)O. The van der Waals surface area contributed by atoms with E-state index >= 15 is 0 Å². The van der Waals surface area contributed by atoms with Crippen molar-refractivity contribution < 1.29 is 19.7 Å². The minimum atomic E-state index is -1.82. The number of unbranched alkanes of at least 4 members (excludes halogenated alkanes) is 5. The van der Waals surface area contributed by atoms with Gasteiger partial charge in [-0.2, -0.15) is 0 Å². The van der Waals surface area contributed by atoms with Crippen LogP contribution in [0.3, 0.4) is 0 Å². The standard InChI is InChI=1S/C8H19BO4/c1-2-3-4-5-6-7-8-12-13-9(10)11/h10-11H,2-8H2,1H3. The molecule has 0 heterocycles. The Morgan fingerprint density at radius 2 is 1.62 bits per heavy atom. The molecular formula is C8H19BO4. The number of hydrogen-bond acceptors (Lipinski definition) is 4. The third kappa shape index (κ3) is 11.9. The molecule has 0 aromatic rings. The van der Waals surface area contributed by atoms with E-state index < -0.39 is 7.32 Å². The van der Waals surface area contributed by atoms with Gasteiger partial charge in [-0.05, 0) is 6.42 Å². The first-order valence-electron chi connectivity index (χ1n) is 4.91. The van der Waals surface area contributed by atoms with E-state index in [-0.39, 0.29) is 0 Å². The first-order chi connectivity index (χ1) is 6.27. The van der Waals surface area contributed by atoms with Gasteiger partial charge in [0.05, 0.1) is 6.61 Å². The molecule has 0 atom stereocenters. The molecule has 0 aliphatic rings. The van der Waals surface area contributed by atoms with Gasteiger partial charge in [0.25, 0.3) is 0 Å². The van der Waals surface area contributed by atoms with Crippen molar-refractivity contribution >= 4 is 7.32 Å². The summed E-state index contributed by atoms with van der Waals surface area (Å²) in [6, 6.07) is 0. The molecule has 0 radical (unpaired) electrons. The normalized spacial score (nSPS) is 10.4. The van der Waals surface area contributed by atoms with Gasteiger partial charge < -0.3 is 10.0 Å². The monoisotopic (exact) mass is 190 g/mol. The molecule has 0 aliphatic carbocycles. The quantitative estimate of drug-likeness (QED) is 0.248. The van der Waals surface area contributed by atoms with Gasteiger partial charge in [-0.25, -0.2) is 9.69 Å². The van der Waals surface area contributed by atoms with Crippen molar-refractivity contribution in [3.63, 3.8) is 0 Å². The van der Waals surface area contributed by atoms with E-state index in [0.717, 1.165) is 12.8 Å². The van der Waals surface area contributed by atoms with Crippen molar-refractivity contribution in [2.75, 3.05) is 6.61 Å². The average molecular weight is 190 g/mol. The molecule has 0 saturated heterocycles. The summed E-state index contributed by atoms with van der Waals surface area (Å²) in [4.78, 5) is 8.58. The lowest BCUT2D eigenvalue weighted by Gasteiger charge is -2.02. The second-order valence-electron chi connectivity index (χ2n) is 3.01. The van der Waals surface area contributed by atoms with E-state index in [1.54, 1.807) is 0 Å². The largest absolute Gasteiger partial charge is 0.662 e. The highest BCUT2D eigenvalue weighted by Gasteiger charge is 2.08. The predicted molar refractivity (Wildman–Crippen MR) is 50.6 cm³/mol. The molecule has 0 bridgehead atoms. The van der Waals surface area contributed by atoms with Crippen molar-refractivity contribution in [3.8, 4) is 0 Å². The van der Waals surface area contributed by atoms with Gasteiger partial charge in [-0.1, -0.05) is 39.0 Å². The maximum Gasteiger partial charge on any atom is 0.662 e. The molecule has 0 aliphatic heterocycles. The van der Waals surface area contributed by atoms with E-state index in [0.29, 0.717) is 6.61 Å². The van der Waals surface area contributed by atoms with Crippen LogP contribution >= 0.6 is 0 Å². The molecule has 0 amide bonds. The summed E-state index contributed by atoms with van der Waals surface area (Å²) in [7, 11) is -1.82. The Morgan fingerprint density at radius 1 is 1.00 bits per heavy atom. The highest BCUT2D eigenvalue weighted by Crippen LogP contribution is 2.04. The summed E-state index contributed by atoms with van der Waals surface area (Å²) in [5, 5.41) is 16.5. The van der Waals surface area contributed by atoms with Gasteiger partial charge in [-0.15, -0.1) is 0 Å². The highest BCUT2D eigenvalue weighted by molar-refractivity contribution is 6.32. The summed E-state index contributed by atoms with van der Waals surface area (Å²) >= 11 is 0. The Bertz CT molecular complexity index is 100. The fourth-order valence-corrected chi connectivity index (χ4v) is 1.05. The maximum absolute atomic E-state index is 8.23. The molecule has 0 aromatic carbocycles. The van der Waals surface area contributed by atoms with Crippen LogP contribution in [-0.4, -0.2) is 24.0 Å². The van der Waals surface area contributed by atoms with Crippen LogP contribution in [0, 0.1) is 0 Å². The van der Waals surface area contributed by atoms with Crippen molar-refractivity contribution in [3.05, 3.63) is 0 Å². The lowest BCUT2D eigenvalue weighted by Crippen LogP contribution is -2.17. The van der Waals surface area contributed by atoms with Crippen LogP contribution < -0.4 is 0 Å². The van der Waals surface area contributed by atoms with Crippen molar-refractivity contribution in [2.45, 2.75) is 45.4 Å². The van der Waals surface area contributed by atoms with Gasteiger partial charge in [0.2, 0.25) is 0 Å². The fraction of sp³-hybridized carbons (Fsp3) is 1.00. The molecule has 0 spiro atoms.